The molecule has 1 amide bonds. The Bertz CT molecular complexity index is 750. The highest BCUT2D eigenvalue weighted by Gasteiger charge is 2.33. The van der Waals surface area contributed by atoms with E-state index < -0.39 is 17.5 Å². The molecular formula is C16H11BrF3NO. The van der Waals surface area contributed by atoms with Crippen molar-refractivity contribution in [1.82, 2.24) is 0 Å². The summed E-state index contributed by atoms with van der Waals surface area (Å²) in [5, 5.41) is 0. The van der Waals surface area contributed by atoms with Crippen molar-refractivity contribution in [3.63, 3.8) is 0 Å². The summed E-state index contributed by atoms with van der Waals surface area (Å²) >= 11 is 3.05. The molecule has 22 heavy (non-hydrogen) atoms. The van der Waals surface area contributed by atoms with E-state index in [-0.39, 0.29) is 24.8 Å². The Morgan fingerprint density at radius 3 is 2.50 bits per heavy atom. The van der Waals surface area contributed by atoms with E-state index in [1.165, 1.54) is 29.2 Å². The number of hydrogen-bond acceptors (Lipinski definition) is 1. The molecule has 1 unspecified atom stereocenters. The second kappa shape index (κ2) is 5.76. The zero-order valence-electron chi connectivity index (χ0n) is 11.3. The largest absolute Gasteiger partial charge is 0.312 e. The lowest BCUT2D eigenvalue weighted by molar-refractivity contribution is -0.117. The predicted octanol–water partition coefficient (Wildman–Crippen LogP) is 4.39. The lowest BCUT2D eigenvalue weighted by Crippen LogP contribution is -2.24. The lowest BCUT2D eigenvalue weighted by atomic mass is 9.98. The molecule has 0 N–H and O–H groups in total. The fourth-order valence-electron chi connectivity index (χ4n) is 2.65. The standard InChI is InChI=1S/C16H11BrF3NO/c17-13-4-2-11(7-15(13)20)21-8-9(5-16(21)22)12-3-1-10(18)6-14(12)19/h1-4,6-7,9H,5,8H2. The van der Waals surface area contributed by atoms with E-state index >= 15 is 0 Å². The van der Waals surface area contributed by atoms with E-state index in [9.17, 15) is 18.0 Å². The van der Waals surface area contributed by atoms with Crippen molar-refractivity contribution in [3.8, 4) is 0 Å². The summed E-state index contributed by atoms with van der Waals surface area (Å²) in [5.74, 6) is -2.38. The van der Waals surface area contributed by atoms with Gasteiger partial charge < -0.3 is 4.90 Å². The molecule has 2 nitrogen and oxygen atoms in total. The molecule has 3 rings (SSSR count). The highest BCUT2D eigenvalue weighted by Crippen LogP contribution is 2.34. The Morgan fingerprint density at radius 1 is 1.05 bits per heavy atom. The zero-order valence-corrected chi connectivity index (χ0v) is 12.9. The van der Waals surface area contributed by atoms with Gasteiger partial charge in [0, 0.05) is 30.6 Å². The van der Waals surface area contributed by atoms with Crippen molar-refractivity contribution >= 4 is 27.5 Å². The van der Waals surface area contributed by atoms with Gasteiger partial charge in [0.15, 0.2) is 0 Å². The summed E-state index contributed by atoms with van der Waals surface area (Å²) in [7, 11) is 0. The summed E-state index contributed by atoms with van der Waals surface area (Å²) in [4.78, 5) is 13.5. The van der Waals surface area contributed by atoms with E-state index in [0.717, 1.165) is 6.07 Å². The van der Waals surface area contributed by atoms with Crippen LogP contribution in [0.25, 0.3) is 0 Å². The number of amides is 1. The van der Waals surface area contributed by atoms with E-state index in [4.69, 9.17) is 0 Å². The molecule has 0 aliphatic carbocycles. The molecule has 0 spiro atoms. The number of nitrogens with zero attached hydrogens (tertiary/aromatic N) is 1. The minimum absolute atomic E-state index is 0.111. The molecule has 0 saturated carbocycles. The molecule has 1 atom stereocenters. The normalized spacial score (nSPS) is 18.1. The third kappa shape index (κ3) is 2.75. The Hall–Kier alpha value is -1.82. The van der Waals surface area contributed by atoms with Gasteiger partial charge in [-0.25, -0.2) is 13.2 Å². The lowest BCUT2D eigenvalue weighted by Gasteiger charge is -2.17. The first kappa shape index (κ1) is 15.1. The topological polar surface area (TPSA) is 20.3 Å². The maximum Gasteiger partial charge on any atom is 0.227 e. The molecule has 2 aromatic rings. The fourth-order valence-corrected chi connectivity index (χ4v) is 2.90. The molecule has 1 aliphatic rings. The van der Waals surface area contributed by atoms with Crippen molar-refractivity contribution in [2.45, 2.75) is 12.3 Å². The molecule has 0 bridgehead atoms. The Kier molecular flexibility index (Phi) is 3.95. The highest BCUT2D eigenvalue weighted by molar-refractivity contribution is 9.10. The van der Waals surface area contributed by atoms with Gasteiger partial charge in [-0.15, -0.1) is 0 Å². The van der Waals surface area contributed by atoms with Crippen LogP contribution < -0.4 is 4.90 Å². The summed E-state index contributed by atoms with van der Waals surface area (Å²) in [6.07, 6.45) is 0.111. The second-order valence-electron chi connectivity index (χ2n) is 5.17. The third-order valence-corrected chi connectivity index (χ3v) is 4.39. The minimum atomic E-state index is -0.665. The number of anilines is 1. The molecule has 6 heteroatoms. The van der Waals surface area contributed by atoms with Crippen molar-refractivity contribution in [1.29, 1.82) is 0 Å². The Labute approximate surface area is 133 Å². The molecule has 1 heterocycles. The SMILES string of the molecule is O=C1CC(c2ccc(F)cc2F)CN1c1ccc(Br)c(F)c1. The summed E-state index contributed by atoms with van der Waals surface area (Å²) in [6.45, 7) is 0.239. The van der Waals surface area contributed by atoms with Gasteiger partial charge >= 0.3 is 0 Å². The molecule has 2 aromatic carbocycles. The highest BCUT2D eigenvalue weighted by atomic mass is 79.9. The van der Waals surface area contributed by atoms with Gasteiger partial charge in [-0.05, 0) is 45.8 Å². The maximum absolute atomic E-state index is 13.8. The average molecular weight is 370 g/mol. The molecule has 1 aliphatic heterocycles. The van der Waals surface area contributed by atoms with Crippen LogP contribution in [0.3, 0.4) is 0 Å². The summed E-state index contributed by atoms with van der Waals surface area (Å²) in [6, 6.07) is 7.73. The fraction of sp³-hybridized carbons (Fsp3) is 0.188. The van der Waals surface area contributed by atoms with Crippen LogP contribution >= 0.6 is 15.9 Å². The van der Waals surface area contributed by atoms with Crippen LogP contribution in [-0.4, -0.2) is 12.5 Å². The average Bonchev–Trinajstić information content (AvgIpc) is 2.83. The first-order valence-corrected chi connectivity index (χ1v) is 7.45. The molecule has 114 valence electrons. The van der Waals surface area contributed by atoms with Crippen LogP contribution in [-0.2, 0) is 4.79 Å². The van der Waals surface area contributed by atoms with Gasteiger partial charge in [0.05, 0.1) is 4.47 Å². The van der Waals surface area contributed by atoms with Crippen LogP contribution in [0.1, 0.15) is 17.9 Å². The van der Waals surface area contributed by atoms with E-state index in [1.54, 1.807) is 6.07 Å². The number of hydrogen-bond donors (Lipinski definition) is 0. The van der Waals surface area contributed by atoms with Crippen LogP contribution in [0.15, 0.2) is 40.9 Å². The number of benzene rings is 2. The van der Waals surface area contributed by atoms with Gasteiger partial charge in [0.1, 0.15) is 17.5 Å². The first-order chi connectivity index (χ1) is 10.5. The van der Waals surface area contributed by atoms with Gasteiger partial charge in [-0.3, -0.25) is 4.79 Å². The monoisotopic (exact) mass is 369 g/mol. The number of halogens is 4. The second-order valence-corrected chi connectivity index (χ2v) is 6.02. The smallest absolute Gasteiger partial charge is 0.227 e. The number of rotatable bonds is 2. The van der Waals surface area contributed by atoms with Crippen molar-refractivity contribution < 1.29 is 18.0 Å². The van der Waals surface area contributed by atoms with E-state index in [0.29, 0.717) is 15.7 Å². The Balaban J connectivity index is 1.88. The summed E-state index contributed by atoms with van der Waals surface area (Å²) < 4.78 is 40.7. The van der Waals surface area contributed by atoms with Crippen molar-refractivity contribution in [3.05, 3.63) is 63.9 Å². The van der Waals surface area contributed by atoms with E-state index in [1.807, 2.05) is 0 Å². The molecule has 1 fully saturated rings. The quantitative estimate of drug-likeness (QED) is 0.768. The van der Waals surface area contributed by atoms with E-state index in [2.05, 4.69) is 15.9 Å². The predicted molar refractivity (Wildman–Crippen MR) is 80.2 cm³/mol. The first-order valence-electron chi connectivity index (χ1n) is 6.66. The molecular weight excluding hydrogens is 359 g/mol. The molecule has 0 radical (unpaired) electrons. The van der Waals surface area contributed by atoms with Gasteiger partial charge in [-0.2, -0.15) is 0 Å². The molecule has 1 saturated heterocycles. The van der Waals surface area contributed by atoms with Gasteiger partial charge in [-0.1, -0.05) is 6.07 Å². The number of carbonyl (C=O) groups excluding carboxylic acids is 1. The van der Waals surface area contributed by atoms with Crippen LogP contribution in [0.2, 0.25) is 0 Å². The van der Waals surface area contributed by atoms with Crippen molar-refractivity contribution in [2.75, 3.05) is 11.4 Å². The van der Waals surface area contributed by atoms with Gasteiger partial charge in [0.2, 0.25) is 5.91 Å². The number of carbonyl (C=O) groups is 1. The maximum atomic E-state index is 13.8. The van der Waals surface area contributed by atoms with Crippen LogP contribution in [0.4, 0.5) is 18.9 Å². The summed E-state index contributed by atoms with van der Waals surface area (Å²) in [5.41, 5.74) is 0.727. The van der Waals surface area contributed by atoms with Crippen LogP contribution in [0.5, 0.6) is 0 Å². The minimum Gasteiger partial charge on any atom is -0.312 e. The third-order valence-electron chi connectivity index (χ3n) is 3.74. The van der Waals surface area contributed by atoms with Gasteiger partial charge in [0.25, 0.3) is 0 Å². The molecule has 0 aromatic heterocycles. The van der Waals surface area contributed by atoms with Crippen molar-refractivity contribution in [2.24, 2.45) is 0 Å². The van der Waals surface area contributed by atoms with Crippen LogP contribution in [0, 0.1) is 17.5 Å². The zero-order chi connectivity index (χ0) is 15.9. The Morgan fingerprint density at radius 2 is 1.82 bits per heavy atom.